The van der Waals surface area contributed by atoms with Crippen LogP contribution in [0.4, 0.5) is 0 Å². The van der Waals surface area contributed by atoms with Gasteiger partial charge in [-0.3, -0.25) is 14.4 Å². The Morgan fingerprint density at radius 3 is 1.00 bits per heavy atom. The average molecular weight is 853 g/mol. The van der Waals surface area contributed by atoms with Crippen molar-refractivity contribution in [2.75, 3.05) is 13.2 Å². The Morgan fingerprint density at radius 1 is 0.328 bits per heavy atom. The lowest BCUT2D eigenvalue weighted by molar-refractivity contribution is -0.167. The molecule has 61 heavy (non-hydrogen) atoms. The van der Waals surface area contributed by atoms with Crippen molar-refractivity contribution in [2.24, 2.45) is 0 Å². The zero-order valence-electron chi connectivity index (χ0n) is 40.2. The van der Waals surface area contributed by atoms with Crippen LogP contribution in [0.2, 0.25) is 0 Å². The Hall–Kier alpha value is -2.89. The molecule has 0 aliphatic carbocycles. The lowest BCUT2D eigenvalue weighted by Gasteiger charge is -2.18. The first kappa shape index (κ1) is 58.1. The average Bonchev–Trinajstić information content (AvgIpc) is 3.26. The van der Waals surface area contributed by atoms with Gasteiger partial charge in [-0.2, -0.15) is 0 Å². The molecule has 0 unspecified atom stereocenters. The monoisotopic (exact) mass is 853 g/mol. The molecular formula is C55H96O6. The van der Waals surface area contributed by atoms with Gasteiger partial charge in [0.25, 0.3) is 0 Å². The molecule has 0 spiro atoms. The van der Waals surface area contributed by atoms with Crippen molar-refractivity contribution in [3.05, 3.63) is 60.8 Å². The van der Waals surface area contributed by atoms with Gasteiger partial charge in [-0.05, 0) is 83.5 Å². The van der Waals surface area contributed by atoms with E-state index in [4.69, 9.17) is 14.2 Å². The minimum atomic E-state index is -0.803. The van der Waals surface area contributed by atoms with E-state index >= 15 is 0 Å². The summed E-state index contributed by atoms with van der Waals surface area (Å²) in [6, 6.07) is 0. The van der Waals surface area contributed by atoms with E-state index in [9.17, 15) is 14.4 Å². The molecule has 6 nitrogen and oxygen atoms in total. The Morgan fingerprint density at radius 2 is 0.607 bits per heavy atom. The molecule has 0 rings (SSSR count). The van der Waals surface area contributed by atoms with Crippen molar-refractivity contribution in [2.45, 2.75) is 258 Å². The van der Waals surface area contributed by atoms with Crippen LogP contribution in [0.25, 0.3) is 0 Å². The molecule has 0 amide bonds. The van der Waals surface area contributed by atoms with Gasteiger partial charge in [0.15, 0.2) is 6.10 Å². The summed E-state index contributed by atoms with van der Waals surface area (Å²) in [6.45, 7) is 6.55. The van der Waals surface area contributed by atoms with Crippen molar-refractivity contribution >= 4 is 17.9 Å². The number of carbonyl (C=O) groups excluding carboxylic acids is 3. The number of esters is 3. The van der Waals surface area contributed by atoms with Gasteiger partial charge < -0.3 is 14.2 Å². The maximum Gasteiger partial charge on any atom is 0.306 e. The predicted molar refractivity (Wildman–Crippen MR) is 261 cm³/mol. The fourth-order valence-electron chi connectivity index (χ4n) is 7.08. The second kappa shape index (κ2) is 49.8. The van der Waals surface area contributed by atoms with Crippen LogP contribution in [-0.4, -0.2) is 37.2 Å². The van der Waals surface area contributed by atoms with Gasteiger partial charge in [0, 0.05) is 19.3 Å². The molecular weight excluding hydrogens is 757 g/mol. The van der Waals surface area contributed by atoms with E-state index in [1.807, 2.05) is 0 Å². The lowest BCUT2D eigenvalue weighted by Crippen LogP contribution is -2.30. The number of unbranched alkanes of at least 4 members (excludes halogenated alkanes) is 25. The third-order valence-corrected chi connectivity index (χ3v) is 11.0. The summed E-state index contributed by atoms with van der Waals surface area (Å²) in [4.78, 5) is 37.9. The first-order chi connectivity index (χ1) is 30.0. The van der Waals surface area contributed by atoms with Gasteiger partial charge in [0.05, 0.1) is 0 Å². The number of rotatable bonds is 46. The summed E-state index contributed by atoms with van der Waals surface area (Å²) in [6.07, 6.45) is 60.6. The fraction of sp³-hybridized carbons (Fsp3) is 0.764. The standard InChI is InChI=1S/C55H96O6/c1-4-7-10-13-16-19-22-24-26-27-29-31-34-37-40-43-46-49-55(58)61-52(50-59-53(56)47-44-41-38-35-32-21-18-15-12-9-6-3)51-60-54(57)48-45-42-39-36-33-30-28-25-23-20-17-14-11-8-5-2/h17,20,24-26,28-29,31,37,40,52H,4-16,18-19,21-23,27,30,32-36,38-39,41-51H2,1-3H3/b20-17-,26-24-,28-25-,31-29-,40-37-/t52-/m0/s1. The molecule has 0 aromatic carbocycles. The molecule has 0 bridgehead atoms. The van der Waals surface area contributed by atoms with Crippen LogP contribution >= 0.6 is 0 Å². The van der Waals surface area contributed by atoms with Crippen molar-refractivity contribution in [3.63, 3.8) is 0 Å². The molecule has 0 aromatic heterocycles. The molecule has 6 heteroatoms. The van der Waals surface area contributed by atoms with E-state index in [1.54, 1.807) is 0 Å². The van der Waals surface area contributed by atoms with Crippen LogP contribution in [0, 0.1) is 0 Å². The second-order valence-electron chi connectivity index (χ2n) is 17.1. The van der Waals surface area contributed by atoms with E-state index in [-0.39, 0.29) is 37.5 Å². The highest BCUT2D eigenvalue weighted by Gasteiger charge is 2.19. The molecule has 0 heterocycles. The number of hydrogen-bond donors (Lipinski definition) is 0. The van der Waals surface area contributed by atoms with Crippen molar-refractivity contribution in [1.29, 1.82) is 0 Å². The molecule has 0 radical (unpaired) electrons. The van der Waals surface area contributed by atoms with E-state index < -0.39 is 6.10 Å². The highest BCUT2D eigenvalue weighted by atomic mass is 16.6. The topological polar surface area (TPSA) is 78.9 Å². The van der Waals surface area contributed by atoms with Gasteiger partial charge in [-0.15, -0.1) is 0 Å². The largest absolute Gasteiger partial charge is 0.462 e. The number of hydrogen-bond acceptors (Lipinski definition) is 6. The molecule has 0 aliphatic heterocycles. The van der Waals surface area contributed by atoms with Crippen LogP contribution in [-0.2, 0) is 28.6 Å². The normalized spacial score (nSPS) is 12.5. The lowest BCUT2D eigenvalue weighted by atomic mass is 10.1. The van der Waals surface area contributed by atoms with E-state index in [0.717, 1.165) is 83.5 Å². The predicted octanol–water partition coefficient (Wildman–Crippen LogP) is 16.9. The van der Waals surface area contributed by atoms with Crippen molar-refractivity contribution in [1.82, 2.24) is 0 Å². The highest BCUT2D eigenvalue weighted by Crippen LogP contribution is 2.14. The summed E-state index contributed by atoms with van der Waals surface area (Å²) in [5, 5.41) is 0. The first-order valence-electron chi connectivity index (χ1n) is 25.8. The minimum Gasteiger partial charge on any atom is -0.462 e. The van der Waals surface area contributed by atoms with Gasteiger partial charge in [0.1, 0.15) is 13.2 Å². The molecule has 1 atom stereocenters. The Kier molecular flexibility index (Phi) is 47.4. The van der Waals surface area contributed by atoms with Crippen LogP contribution < -0.4 is 0 Å². The Balaban J connectivity index is 4.47. The Bertz CT molecular complexity index is 1120. The zero-order chi connectivity index (χ0) is 44.4. The van der Waals surface area contributed by atoms with Gasteiger partial charge in [-0.25, -0.2) is 0 Å². The number of allylic oxidation sites excluding steroid dienone is 10. The molecule has 0 aliphatic rings. The SMILES string of the molecule is CCCCC/C=C\C/C=C\CCCCCCCC(=O)OC[C@H](COC(=O)CCCCCCCCCCCCC)OC(=O)CCC/C=C\C/C=C\C/C=C\CCCCCCCC. The molecule has 352 valence electrons. The summed E-state index contributed by atoms with van der Waals surface area (Å²) in [7, 11) is 0. The second-order valence-corrected chi connectivity index (χ2v) is 17.1. The van der Waals surface area contributed by atoms with Crippen molar-refractivity contribution in [3.8, 4) is 0 Å². The van der Waals surface area contributed by atoms with Gasteiger partial charge in [-0.1, -0.05) is 210 Å². The smallest absolute Gasteiger partial charge is 0.306 e. The summed E-state index contributed by atoms with van der Waals surface area (Å²) < 4.78 is 16.7. The highest BCUT2D eigenvalue weighted by molar-refractivity contribution is 5.71. The zero-order valence-corrected chi connectivity index (χ0v) is 40.2. The third-order valence-electron chi connectivity index (χ3n) is 11.0. The van der Waals surface area contributed by atoms with Crippen molar-refractivity contribution < 1.29 is 28.6 Å². The van der Waals surface area contributed by atoms with Crippen LogP contribution in [0.5, 0.6) is 0 Å². The van der Waals surface area contributed by atoms with Crippen LogP contribution in [0.1, 0.15) is 252 Å². The molecule has 0 fully saturated rings. The summed E-state index contributed by atoms with van der Waals surface area (Å²) >= 11 is 0. The quantitative estimate of drug-likeness (QED) is 0.0263. The number of carbonyl (C=O) groups is 3. The third kappa shape index (κ3) is 48.0. The van der Waals surface area contributed by atoms with Crippen LogP contribution in [0.15, 0.2) is 60.8 Å². The van der Waals surface area contributed by atoms with E-state index in [1.165, 1.54) is 122 Å². The van der Waals surface area contributed by atoms with Gasteiger partial charge in [0.2, 0.25) is 0 Å². The maximum atomic E-state index is 12.8. The van der Waals surface area contributed by atoms with Crippen LogP contribution in [0.3, 0.4) is 0 Å². The van der Waals surface area contributed by atoms with E-state index in [2.05, 4.69) is 81.5 Å². The molecule has 0 N–H and O–H groups in total. The fourth-order valence-corrected chi connectivity index (χ4v) is 7.08. The Labute approximate surface area is 377 Å². The molecule has 0 aromatic rings. The molecule has 0 saturated heterocycles. The maximum absolute atomic E-state index is 12.8. The summed E-state index contributed by atoms with van der Waals surface area (Å²) in [5.74, 6) is -0.962. The first-order valence-corrected chi connectivity index (χ1v) is 25.8. The minimum absolute atomic E-state index is 0.0972. The number of ether oxygens (including phenoxy) is 3. The van der Waals surface area contributed by atoms with Gasteiger partial charge >= 0.3 is 17.9 Å². The molecule has 0 saturated carbocycles. The summed E-state index contributed by atoms with van der Waals surface area (Å²) in [5.41, 5.74) is 0. The van der Waals surface area contributed by atoms with E-state index in [0.29, 0.717) is 19.3 Å².